The highest BCUT2D eigenvalue weighted by Crippen LogP contribution is 2.34. The molecule has 2 rings (SSSR count). The first-order valence-electron chi connectivity index (χ1n) is 5.33. The molecule has 0 aromatic carbocycles. The van der Waals surface area contributed by atoms with Gasteiger partial charge in [-0.05, 0) is 0 Å². The van der Waals surface area contributed by atoms with Gasteiger partial charge >= 0.3 is 12.2 Å². The third kappa shape index (κ3) is 2.70. The zero-order valence-corrected chi connectivity index (χ0v) is 9.62. The van der Waals surface area contributed by atoms with Gasteiger partial charge in [0, 0.05) is 24.8 Å². The number of nitrogens with zero attached hydrogens (tertiary/aromatic N) is 2. The van der Waals surface area contributed by atoms with Crippen LogP contribution < -0.4 is 10.1 Å². The van der Waals surface area contributed by atoms with Crippen molar-refractivity contribution in [2.24, 2.45) is 0 Å². The van der Waals surface area contributed by atoms with Crippen LogP contribution in [-0.2, 0) is 10.9 Å². The van der Waals surface area contributed by atoms with Crippen LogP contribution in [0.5, 0.6) is 6.01 Å². The van der Waals surface area contributed by atoms with E-state index in [4.69, 9.17) is 4.74 Å². The van der Waals surface area contributed by atoms with Crippen LogP contribution in [0.15, 0.2) is 6.20 Å². The van der Waals surface area contributed by atoms with Crippen LogP contribution in [-0.4, -0.2) is 36.8 Å². The molecule has 0 bridgehead atoms. The fourth-order valence-electron chi connectivity index (χ4n) is 1.70. The fraction of sp³-hybridized carbons (Fsp3) is 0.600. The second-order valence-corrected chi connectivity index (χ2v) is 3.72. The van der Waals surface area contributed by atoms with Crippen molar-refractivity contribution < 1.29 is 22.6 Å². The molecule has 1 atom stereocenters. The lowest BCUT2D eigenvalue weighted by Gasteiger charge is -2.25. The molecule has 1 saturated heterocycles. The third-order valence-corrected chi connectivity index (χ3v) is 2.52. The number of rotatable bonds is 2. The Balaban J connectivity index is 2.38. The van der Waals surface area contributed by atoms with Crippen molar-refractivity contribution in [2.75, 3.05) is 26.8 Å². The van der Waals surface area contributed by atoms with Crippen molar-refractivity contribution in [3.63, 3.8) is 0 Å². The summed E-state index contributed by atoms with van der Waals surface area (Å²) in [5.74, 6) is 0. The van der Waals surface area contributed by atoms with E-state index in [0.29, 0.717) is 19.7 Å². The van der Waals surface area contributed by atoms with Crippen molar-refractivity contribution in [3.05, 3.63) is 17.5 Å². The maximum atomic E-state index is 12.9. The second kappa shape index (κ2) is 5.07. The largest absolute Gasteiger partial charge is 0.467 e. The van der Waals surface area contributed by atoms with E-state index in [-0.39, 0.29) is 11.6 Å². The number of aromatic nitrogens is 2. The van der Waals surface area contributed by atoms with Gasteiger partial charge in [0.05, 0.1) is 19.8 Å². The Morgan fingerprint density at radius 2 is 2.28 bits per heavy atom. The number of hydrogen-bond donors (Lipinski definition) is 1. The van der Waals surface area contributed by atoms with Gasteiger partial charge in [0.1, 0.15) is 0 Å². The highest BCUT2D eigenvalue weighted by Gasteiger charge is 2.38. The van der Waals surface area contributed by atoms with E-state index in [1.54, 1.807) is 0 Å². The summed E-state index contributed by atoms with van der Waals surface area (Å²) in [4.78, 5) is 7.08. The third-order valence-electron chi connectivity index (χ3n) is 2.52. The minimum Gasteiger partial charge on any atom is -0.467 e. The minimum absolute atomic E-state index is 0.0736. The molecule has 1 fully saturated rings. The van der Waals surface area contributed by atoms with Gasteiger partial charge < -0.3 is 14.8 Å². The van der Waals surface area contributed by atoms with Crippen LogP contribution in [0.4, 0.5) is 13.2 Å². The molecule has 1 aliphatic heterocycles. The average Bonchev–Trinajstić information content (AvgIpc) is 2.38. The van der Waals surface area contributed by atoms with E-state index in [1.165, 1.54) is 7.11 Å². The van der Waals surface area contributed by atoms with Crippen molar-refractivity contribution >= 4 is 0 Å². The monoisotopic (exact) mass is 263 g/mol. The van der Waals surface area contributed by atoms with Gasteiger partial charge in [-0.1, -0.05) is 0 Å². The number of alkyl halides is 3. The molecule has 1 unspecified atom stereocenters. The number of morpholine rings is 1. The molecular weight excluding hydrogens is 251 g/mol. The number of nitrogens with one attached hydrogen (secondary N) is 1. The summed E-state index contributed by atoms with van der Waals surface area (Å²) in [5, 5.41) is 2.96. The second-order valence-electron chi connectivity index (χ2n) is 3.72. The molecule has 2 heterocycles. The lowest BCUT2D eigenvalue weighted by atomic mass is 10.1. The van der Waals surface area contributed by atoms with E-state index in [0.717, 1.165) is 6.20 Å². The van der Waals surface area contributed by atoms with Gasteiger partial charge in [0.15, 0.2) is 5.69 Å². The number of hydrogen-bond acceptors (Lipinski definition) is 5. The van der Waals surface area contributed by atoms with Crippen LogP contribution in [0.3, 0.4) is 0 Å². The molecular formula is C10H12F3N3O2. The van der Waals surface area contributed by atoms with Gasteiger partial charge in [-0.2, -0.15) is 18.2 Å². The van der Waals surface area contributed by atoms with Crippen LogP contribution >= 0.6 is 0 Å². The average molecular weight is 263 g/mol. The quantitative estimate of drug-likeness (QED) is 0.867. The van der Waals surface area contributed by atoms with E-state index < -0.39 is 18.0 Å². The summed E-state index contributed by atoms with van der Waals surface area (Å²) in [6.07, 6.45) is -4.15. The Kier molecular flexibility index (Phi) is 3.67. The SMILES string of the molecule is COc1ncc(C2CNCCO2)c(C(F)(F)F)n1. The van der Waals surface area contributed by atoms with Crippen LogP contribution in [0.1, 0.15) is 17.4 Å². The fourth-order valence-corrected chi connectivity index (χ4v) is 1.70. The topological polar surface area (TPSA) is 56.3 Å². The van der Waals surface area contributed by atoms with E-state index in [1.807, 2.05) is 0 Å². The number of ether oxygens (including phenoxy) is 2. The lowest BCUT2D eigenvalue weighted by molar-refractivity contribution is -0.143. The molecule has 5 nitrogen and oxygen atoms in total. The predicted octanol–water partition coefficient (Wildman–Crippen LogP) is 1.16. The summed E-state index contributed by atoms with van der Waals surface area (Å²) < 4.78 is 48.6. The summed E-state index contributed by atoms with van der Waals surface area (Å²) in [6, 6.07) is -0.310. The van der Waals surface area contributed by atoms with E-state index in [9.17, 15) is 13.2 Å². The molecule has 18 heavy (non-hydrogen) atoms. The van der Waals surface area contributed by atoms with Crippen LogP contribution in [0.25, 0.3) is 0 Å². The van der Waals surface area contributed by atoms with Crippen molar-refractivity contribution in [1.29, 1.82) is 0 Å². The molecule has 1 N–H and O–H groups in total. The predicted molar refractivity (Wildman–Crippen MR) is 55.1 cm³/mol. The molecule has 0 spiro atoms. The summed E-state index contributed by atoms with van der Waals surface area (Å²) >= 11 is 0. The first kappa shape index (κ1) is 13.0. The molecule has 1 aromatic heterocycles. The lowest BCUT2D eigenvalue weighted by Crippen LogP contribution is -2.34. The Morgan fingerprint density at radius 1 is 1.50 bits per heavy atom. The summed E-state index contributed by atoms with van der Waals surface area (Å²) in [6.45, 7) is 1.28. The van der Waals surface area contributed by atoms with Crippen molar-refractivity contribution in [2.45, 2.75) is 12.3 Å². The zero-order chi connectivity index (χ0) is 13.2. The number of methoxy groups -OCH3 is 1. The minimum atomic E-state index is -4.56. The highest BCUT2D eigenvalue weighted by atomic mass is 19.4. The highest BCUT2D eigenvalue weighted by molar-refractivity contribution is 5.25. The molecule has 0 aliphatic carbocycles. The maximum Gasteiger partial charge on any atom is 0.433 e. The van der Waals surface area contributed by atoms with Crippen molar-refractivity contribution in [1.82, 2.24) is 15.3 Å². The van der Waals surface area contributed by atoms with E-state index in [2.05, 4.69) is 20.0 Å². The first-order valence-corrected chi connectivity index (χ1v) is 5.33. The Morgan fingerprint density at radius 3 is 2.83 bits per heavy atom. The molecule has 0 radical (unpaired) electrons. The summed E-state index contributed by atoms with van der Waals surface area (Å²) in [5.41, 5.74) is -1.08. The van der Waals surface area contributed by atoms with Crippen LogP contribution in [0.2, 0.25) is 0 Å². The molecule has 1 aromatic rings. The standard InChI is InChI=1S/C10H12F3N3O2/c1-17-9-15-4-6(7-5-14-2-3-18-7)8(16-9)10(11,12)13/h4,7,14H,2-3,5H2,1H3. The number of halogens is 3. The smallest absolute Gasteiger partial charge is 0.433 e. The molecule has 0 saturated carbocycles. The van der Waals surface area contributed by atoms with E-state index >= 15 is 0 Å². The first-order chi connectivity index (χ1) is 8.52. The Labute approximate surface area is 101 Å². The molecule has 100 valence electrons. The normalized spacial score (nSPS) is 20.8. The van der Waals surface area contributed by atoms with Gasteiger partial charge in [0.25, 0.3) is 0 Å². The van der Waals surface area contributed by atoms with Gasteiger partial charge in [-0.25, -0.2) is 4.98 Å². The molecule has 0 amide bonds. The summed E-state index contributed by atoms with van der Waals surface area (Å²) in [7, 11) is 1.22. The molecule has 8 heteroatoms. The zero-order valence-electron chi connectivity index (χ0n) is 9.62. The van der Waals surface area contributed by atoms with Gasteiger partial charge in [-0.3, -0.25) is 0 Å². The van der Waals surface area contributed by atoms with Gasteiger partial charge in [0.2, 0.25) is 0 Å². The van der Waals surface area contributed by atoms with Crippen molar-refractivity contribution in [3.8, 4) is 6.01 Å². The Hall–Kier alpha value is -1.41. The molecule has 1 aliphatic rings. The van der Waals surface area contributed by atoms with Gasteiger partial charge in [-0.15, -0.1) is 0 Å². The van der Waals surface area contributed by atoms with Crippen LogP contribution in [0, 0.1) is 0 Å². The maximum absolute atomic E-state index is 12.9. The Bertz CT molecular complexity index is 419.